The van der Waals surface area contributed by atoms with E-state index in [1.165, 1.54) is 12.1 Å². The van der Waals surface area contributed by atoms with Crippen molar-refractivity contribution in [2.75, 3.05) is 11.9 Å². The van der Waals surface area contributed by atoms with E-state index in [-0.39, 0.29) is 11.7 Å². The van der Waals surface area contributed by atoms with E-state index in [2.05, 4.69) is 22.2 Å². The van der Waals surface area contributed by atoms with Gasteiger partial charge in [-0.15, -0.1) is 0 Å². The molecule has 120 valence electrons. The van der Waals surface area contributed by atoms with Crippen molar-refractivity contribution >= 4 is 28.2 Å². The Morgan fingerprint density at radius 3 is 2.75 bits per heavy atom. The number of aromatic amines is 1. The maximum atomic E-state index is 13.0. The first-order valence-corrected chi connectivity index (χ1v) is 7.77. The molecule has 0 radical (unpaired) electrons. The second-order valence-electron chi connectivity index (χ2n) is 5.82. The van der Waals surface area contributed by atoms with Crippen molar-refractivity contribution < 1.29 is 9.18 Å². The van der Waals surface area contributed by atoms with Gasteiger partial charge in [0.1, 0.15) is 11.5 Å². The summed E-state index contributed by atoms with van der Waals surface area (Å²) in [5.41, 5.74) is 4.87. The Balaban J connectivity index is 1.78. The van der Waals surface area contributed by atoms with Crippen molar-refractivity contribution in [3.8, 4) is 0 Å². The Labute approximate surface area is 138 Å². The van der Waals surface area contributed by atoms with Gasteiger partial charge in [0.2, 0.25) is 0 Å². The van der Waals surface area contributed by atoms with Crippen molar-refractivity contribution in [2.45, 2.75) is 6.42 Å². The molecule has 1 aliphatic heterocycles. The minimum Gasteiger partial charge on any atom is -0.385 e. The number of amides is 1. The van der Waals surface area contributed by atoms with Crippen molar-refractivity contribution in [1.29, 1.82) is 0 Å². The molecule has 5 heteroatoms. The standard InChI is InChI=1S/C19H16FN3O/c1-11-14-3-2-4-16-17(14)15(9-10-21-11)18(23-16)19(24)22-13-7-5-12(20)6-8-13/h2-8,21,23H,1,9-10H2,(H,22,24). The van der Waals surface area contributed by atoms with Gasteiger partial charge in [0.05, 0.1) is 0 Å². The van der Waals surface area contributed by atoms with Gasteiger partial charge in [-0.25, -0.2) is 4.39 Å². The lowest BCUT2D eigenvalue weighted by molar-refractivity contribution is 0.102. The zero-order valence-electron chi connectivity index (χ0n) is 12.9. The molecular formula is C19H16FN3O. The molecule has 2 heterocycles. The van der Waals surface area contributed by atoms with Crippen molar-refractivity contribution in [3.05, 3.63) is 71.7 Å². The zero-order valence-corrected chi connectivity index (χ0v) is 12.9. The smallest absolute Gasteiger partial charge is 0.272 e. The summed E-state index contributed by atoms with van der Waals surface area (Å²) in [6.45, 7) is 4.79. The molecule has 0 atom stereocenters. The summed E-state index contributed by atoms with van der Waals surface area (Å²) in [4.78, 5) is 15.9. The third-order valence-corrected chi connectivity index (χ3v) is 4.30. The van der Waals surface area contributed by atoms with Crippen LogP contribution in [0.3, 0.4) is 0 Å². The summed E-state index contributed by atoms with van der Waals surface area (Å²) < 4.78 is 13.0. The molecule has 4 nitrogen and oxygen atoms in total. The van der Waals surface area contributed by atoms with E-state index in [0.29, 0.717) is 11.4 Å². The lowest BCUT2D eigenvalue weighted by Gasteiger charge is -2.07. The number of halogens is 1. The largest absolute Gasteiger partial charge is 0.385 e. The molecule has 0 bridgehead atoms. The quantitative estimate of drug-likeness (QED) is 0.674. The molecule has 3 N–H and O–H groups in total. The van der Waals surface area contributed by atoms with Crippen LogP contribution in [-0.2, 0) is 6.42 Å². The van der Waals surface area contributed by atoms with Gasteiger partial charge >= 0.3 is 0 Å². The minimum atomic E-state index is -0.334. The normalized spacial score (nSPS) is 13.5. The minimum absolute atomic E-state index is 0.230. The average Bonchev–Trinajstić information content (AvgIpc) is 2.86. The molecular weight excluding hydrogens is 305 g/mol. The fourth-order valence-electron chi connectivity index (χ4n) is 3.17. The number of anilines is 1. The number of carbonyl (C=O) groups excluding carboxylic acids is 1. The van der Waals surface area contributed by atoms with Crippen LogP contribution < -0.4 is 10.6 Å². The van der Waals surface area contributed by atoms with Crippen LogP contribution in [0, 0.1) is 5.82 Å². The van der Waals surface area contributed by atoms with Crippen LogP contribution in [0.5, 0.6) is 0 Å². The summed E-state index contributed by atoms with van der Waals surface area (Å²) in [6, 6.07) is 11.6. The number of nitrogens with one attached hydrogen (secondary N) is 3. The number of hydrogen-bond acceptors (Lipinski definition) is 2. The van der Waals surface area contributed by atoms with Gasteiger partial charge in [-0.2, -0.15) is 0 Å². The van der Waals surface area contributed by atoms with E-state index in [1.54, 1.807) is 12.1 Å². The Morgan fingerprint density at radius 2 is 1.96 bits per heavy atom. The van der Waals surface area contributed by atoms with Crippen LogP contribution in [0.4, 0.5) is 10.1 Å². The monoisotopic (exact) mass is 321 g/mol. The van der Waals surface area contributed by atoms with Crippen LogP contribution >= 0.6 is 0 Å². The molecule has 1 amide bonds. The highest BCUT2D eigenvalue weighted by molar-refractivity contribution is 6.09. The molecule has 2 aromatic carbocycles. The topological polar surface area (TPSA) is 56.9 Å². The third-order valence-electron chi connectivity index (χ3n) is 4.30. The van der Waals surface area contributed by atoms with Crippen LogP contribution in [-0.4, -0.2) is 17.4 Å². The van der Waals surface area contributed by atoms with Crippen molar-refractivity contribution in [1.82, 2.24) is 10.3 Å². The van der Waals surface area contributed by atoms with Gasteiger partial charge in [0.25, 0.3) is 5.91 Å². The number of rotatable bonds is 2. The molecule has 3 aromatic rings. The fourth-order valence-corrected chi connectivity index (χ4v) is 3.17. The molecule has 24 heavy (non-hydrogen) atoms. The Morgan fingerprint density at radius 1 is 1.17 bits per heavy atom. The van der Waals surface area contributed by atoms with Gasteiger partial charge in [-0.05, 0) is 42.3 Å². The highest BCUT2D eigenvalue weighted by atomic mass is 19.1. The van der Waals surface area contributed by atoms with E-state index < -0.39 is 0 Å². The molecule has 0 spiro atoms. The fraction of sp³-hybridized carbons (Fsp3) is 0.105. The summed E-state index contributed by atoms with van der Waals surface area (Å²) in [5.74, 6) is -0.564. The molecule has 4 rings (SSSR count). The molecule has 0 unspecified atom stereocenters. The first kappa shape index (κ1) is 14.5. The zero-order chi connectivity index (χ0) is 16.7. The van der Waals surface area contributed by atoms with E-state index >= 15 is 0 Å². The second-order valence-corrected chi connectivity index (χ2v) is 5.82. The van der Waals surface area contributed by atoms with Crippen LogP contribution in [0.1, 0.15) is 21.6 Å². The first-order valence-electron chi connectivity index (χ1n) is 7.77. The number of H-pyrrole nitrogens is 1. The Hall–Kier alpha value is -3.08. The van der Waals surface area contributed by atoms with E-state index in [4.69, 9.17) is 0 Å². The van der Waals surface area contributed by atoms with Gasteiger partial charge in [-0.3, -0.25) is 4.79 Å². The highest BCUT2D eigenvalue weighted by Crippen LogP contribution is 2.31. The maximum Gasteiger partial charge on any atom is 0.272 e. The van der Waals surface area contributed by atoms with Crippen LogP contribution in [0.15, 0.2) is 49.0 Å². The van der Waals surface area contributed by atoms with Gasteiger partial charge < -0.3 is 15.6 Å². The lowest BCUT2D eigenvalue weighted by Crippen LogP contribution is -2.16. The van der Waals surface area contributed by atoms with Gasteiger partial charge in [0, 0.05) is 34.4 Å². The molecule has 1 aromatic heterocycles. The highest BCUT2D eigenvalue weighted by Gasteiger charge is 2.22. The molecule has 1 aliphatic rings. The molecule has 0 saturated carbocycles. The van der Waals surface area contributed by atoms with Gasteiger partial charge in [0.15, 0.2) is 0 Å². The average molecular weight is 321 g/mol. The number of hydrogen-bond donors (Lipinski definition) is 3. The predicted octanol–water partition coefficient (Wildman–Crippen LogP) is 3.68. The second kappa shape index (κ2) is 5.53. The third kappa shape index (κ3) is 2.34. The van der Waals surface area contributed by atoms with E-state index in [1.807, 2.05) is 18.2 Å². The SMILES string of the molecule is C=C1NCCc2c(C(=O)Nc3ccc(F)cc3)[nH]c3cccc1c23. The van der Waals surface area contributed by atoms with Crippen molar-refractivity contribution in [3.63, 3.8) is 0 Å². The van der Waals surface area contributed by atoms with E-state index in [0.717, 1.165) is 40.7 Å². The summed E-state index contributed by atoms with van der Waals surface area (Å²) in [5, 5.41) is 7.13. The number of benzene rings is 2. The molecule has 0 fully saturated rings. The van der Waals surface area contributed by atoms with E-state index in [9.17, 15) is 9.18 Å². The first-order chi connectivity index (χ1) is 11.6. The van der Waals surface area contributed by atoms with Crippen molar-refractivity contribution in [2.24, 2.45) is 0 Å². The Bertz CT molecular complexity index is 957. The van der Waals surface area contributed by atoms with Crippen LogP contribution in [0.25, 0.3) is 16.6 Å². The Kier molecular flexibility index (Phi) is 3.34. The van der Waals surface area contributed by atoms with Crippen LogP contribution in [0.2, 0.25) is 0 Å². The summed E-state index contributed by atoms with van der Waals surface area (Å²) in [7, 11) is 0. The molecule has 0 saturated heterocycles. The maximum absolute atomic E-state index is 13.0. The summed E-state index contributed by atoms with van der Waals surface area (Å²) >= 11 is 0. The molecule has 0 aliphatic carbocycles. The summed E-state index contributed by atoms with van der Waals surface area (Å²) in [6.07, 6.45) is 0.724. The predicted molar refractivity (Wildman–Crippen MR) is 93.4 cm³/mol. The number of aromatic nitrogens is 1. The lowest BCUT2D eigenvalue weighted by atomic mass is 10.0. The van der Waals surface area contributed by atoms with Gasteiger partial charge in [-0.1, -0.05) is 18.7 Å². The number of carbonyl (C=O) groups is 1.